The van der Waals surface area contributed by atoms with Crippen molar-refractivity contribution in [3.05, 3.63) is 24.0 Å². The molecule has 0 atom stereocenters. The van der Waals surface area contributed by atoms with Crippen molar-refractivity contribution in [1.29, 1.82) is 0 Å². The van der Waals surface area contributed by atoms with Gasteiger partial charge in [0.1, 0.15) is 16.8 Å². The lowest BCUT2D eigenvalue weighted by Gasteiger charge is -2.09. The van der Waals surface area contributed by atoms with E-state index in [-0.39, 0.29) is 16.7 Å². The lowest BCUT2D eigenvalue weighted by molar-refractivity contribution is -0.136. The molecule has 5 nitrogen and oxygen atoms in total. The quantitative estimate of drug-likeness (QED) is 0.748. The van der Waals surface area contributed by atoms with Crippen molar-refractivity contribution in [2.75, 3.05) is 7.11 Å². The van der Waals surface area contributed by atoms with Crippen LogP contribution < -0.4 is 10.2 Å². The molecule has 0 saturated heterocycles. The van der Waals surface area contributed by atoms with Crippen molar-refractivity contribution in [2.45, 2.75) is 6.18 Å². The minimum absolute atomic E-state index is 0.0174. The number of hydrogen-bond acceptors (Lipinski definition) is 4. The zero-order valence-corrected chi connectivity index (χ0v) is 9.14. The fraction of sp³-hybridized carbons (Fsp3) is 0.222. The largest absolute Gasteiger partial charge is 0.494 e. The smallest absolute Gasteiger partial charge is 0.490 e. The molecule has 0 aliphatic heterocycles. The van der Waals surface area contributed by atoms with Gasteiger partial charge in [-0.2, -0.15) is 18.3 Å². The first-order valence-electron chi connectivity index (χ1n) is 4.83. The molecule has 0 aromatic carbocycles. The SMILES string of the molecule is COc1cc(B(O)O)cn2ncc(C(F)(F)F)c12. The van der Waals surface area contributed by atoms with Crippen molar-refractivity contribution in [3.63, 3.8) is 0 Å². The Kier molecular flexibility index (Phi) is 2.95. The van der Waals surface area contributed by atoms with Crippen molar-refractivity contribution >= 4 is 18.1 Å². The first-order valence-corrected chi connectivity index (χ1v) is 4.83. The number of fused-ring (bicyclic) bond motifs is 1. The molecule has 0 radical (unpaired) electrons. The third kappa shape index (κ3) is 2.02. The van der Waals surface area contributed by atoms with Crippen LogP contribution in [0.15, 0.2) is 18.5 Å². The molecular weight excluding hydrogens is 252 g/mol. The van der Waals surface area contributed by atoms with Crippen molar-refractivity contribution in [3.8, 4) is 5.75 Å². The van der Waals surface area contributed by atoms with Gasteiger partial charge in [-0.05, 0) is 6.07 Å². The number of ether oxygens (including phenoxy) is 1. The Morgan fingerprint density at radius 2 is 2.06 bits per heavy atom. The van der Waals surface area contributed by atoms with Gasteiger partial charge in [-0.15, -0.1) is 0 Å². The number of aromatic nitrogens is 2. The van der Waals surface area contributed by atoms with E-state index in [9.17, 15) is 13.2 Å². The lowest BCUT2D eigenvalue weighted by atomic mass is 9.81. The highest BCUT2D eigenvalue weighted by Crippen LogP contribution is 2.35. The second-order valence-corrected chi connectivity index (χ2v) is 3.56. The number of rotatable bonds is 2. The third-order valence-electron chi connectivity index (χ3n) is 2.42. The molecule has 0 fully saturated rings. The molecule has 0 amide bonds. The Labute approximate surface area is 99.6 Å². The number of methoxy groups -OCH3 is 1. The zero-order chi connectivity index (χ0) is 13.5. The van der Waals surface area contributed by atoms with E-state index in [0.29, 0.717) is 6.20 Å². The van der Waals surface area contributed by atoms with E-state index in [1.807, 2.05) is 0 Å². The minimum atomic E-state index is -4.56. The van der Waals surface area contributed by atoms with Gasteiger partial charge in [-0.1, -0.05) is 0 Å². The Morgan fingerprint density at radius 1 is 1.39 bits per heavy atom. The fourth-order valence-electron chi connectivity index (χ4n) is 1.61. The van der Waals surface area contributed by atoms with Gasteiger partial charge in [0.2, 0.25) is 0 Å². The van der Waals surface area contributed by atoms with Crippen molar-refractivity contribution in [2.24, 2.45) is 0 Å². The third-order valence-corrected chi connectivity index (χ3v) is 2.42. The van der Waals surface area contributed by atoms with E-state index in [2.05, 4.69) is 5.10 Å². The van der Waals surface area contributed by atoms with Gasteiger partial charge in [0, 0.05) is 11.7 Å². The lowest BCUT2D eigenvalue weighted by Crippen LogP contribution is -2.31. The topological polar surface area (TPSA) is 67.0 Å². The molecule has 2 aromatic rings. The number of alkyl halides is 3. The van der Waals surface area contributed by atoms with E-state index in [1.165, 1.54) is 7.11 Å². The predicted molar refractivity (Wildman–Crippen MR) is 56.6 cm³/mol. The van der Waals surface area contributed by atoms with Gasteiger partial charge < -0.3 is 14.8 Å². The number of pyridine rings is 1. The maximum absolute atomic E-state index is 12.7. The highest BCUT2D eigenvalue weighted by Gasteiger charge is 2.36. The van der Waals surface area contributed by atoms with Crippen molar-refractivity contribution in [1.82, 2.24) is 9.61 Å². The van der Waals surface area contributed by atoms with Crippen LogP contribution in [-0.4, -0.2) is 33.9 Å². The molecule has 0 saturated carbocycles. The second-order valence-electron chi connectivity index (χ2n) is 3.56. The summed E-state index contributed by atoms with van der Waals surface area (Å²) < 4.78 is 43.9. The zero-order valence-electron chi connectivity index (χ0n) is 9.14. The molecule has 0 spiro atoms. The van der Waals surface area contributed by atoms with E-state index < -0.39 is 18.9 Å². The summed E-state index contributed by atoms with van der Waals surface area (Å²) >= 11 is 0. The Balaban J connectivity index is 2.74. The van der Waals surface area contributed by atoms with Gasteiger partial charge in [-0.25, -0.2) is 4.52 Å². The molecular formula is C9H8BF3N2O3. The molecule has 0 unspecified atom stereocenters. The number of halogens is 3. The van der Waals surface area contributed by atoms with Crippen molar-refractivity contribution < 1.29 is 28.0 Å². The van der Waals surface area contributed by atoms with Crippen LogP contribution in [0.1, 0.15) is 5.56 Å². The maximum Gasteiger partial charge on any atom is 0.490 e. The van der Waals surface area contributed by atoms with Gasteiger partial charge in [0.05, 0.1) is 13.3 Å². The normalized spacial score (nSPS) is 11.9. The summed E-state index contributed by atoms with van der Waals surface area (Å²) in [5.74, 6) is -0.134. The molecule has 0 aliphatic carbocycles. The Morgan fingerprint density at radius 3 is 2.56 bits per heavy atom. The van der Waals surface area contributed by atoms with E-state index in [1.54, 1.807) is 0 Å². The van der Waals surface area contributed by atoms with Gasteiger partial charge in [-0.3, -0.25) is 0 Å². The summed E-state index contributed by atoms with van der Waals surface area (Å²) in [4.78, 5) is 0. The van der Waals surface area contributed by atoms with Crippen LogP contribution in [0.5, 0.6) is 5.75 Å². The number of nitrogens with zero attached hydrogens (tertiary/aromatic N) is 2. The van der Waals surface area contributed by atoms with Crippen LogP contribution in [0.3, 0.4) is 0 Å². The molecule has 2 N–H and O–H groups in total. The molecule has 2 rings (SSSR count). The van der Waals surface area contributed by atoms with Gasteiger partial charge >= 0.3 is 13.3 Å². The maximum atomic E-state index is 12.7. The fourth-order valence-corrected chi connectivity index (χ4v) is 1.61. The van der Waals surface area contributed by atoms with E-state index >= 15 is 0 Å². The molecule has 0 aliphatic rings. The average molecular weight is 260 g/mol. The first kappa shape index (κ1) is 12.7. The first-order chi connectivity index (χ1) is 8.34. The van der Waals surface area contributed by atoms with Crippen LogP contribution >= 0.6 is 0 Å². The summed E-state index contributed by atoms with van der Waals surface area (Å²) in [7, 11) is -0.627. The summed E-state index contributed by atoms with van der Waals surface area (Å²) in [5.41, 5.74) is -1.23. The van der Waals surface area contributed by atoms with E-state index in [4.69, 9.17) is 14.8 Å². The van der Waals surface area contributed by atoms with Crippen LogP contribution in [0.25, 0.3) is 5.52 Å². The molecule has 9 heteroatoms. The van der Waals surface area contributed by atoms with Crippen LogP contribution in [0.4, 0.5) is 13.2 Å². The Hall–Kier alpha value is -1.74. The molecule has 96 valence electrons. The predicted octanol–water partition coefficient (Wildman–Crippen LogP) is 0.0415. The molecule has 2 aromatic heterocycles. The van der Waals surface area contributed by atoms with Gasteiger partial charge in [0.15, 0.2) is 0 Å². The standard InChI is InChI=1S/C9H8BF3N2O3/c1-18-7-2-5(10(16)17)4-15-8(7)6(3-14-15)9(11,12)13/h2-4,16-17H,1H3. The number of hydrogen-bond donors (Lipinski definition) is 2. The van der Waals surface area contributed by atoms with Gasteiger partial charge in [0.25, 0.3) is 0 Å². The molecule has 18 heavy (non-hydrogen) atoms. The molecule has 2 heterocycles. The van der Waals surface area contributed by atoms with E-state index in [0.717, 1.165) is 16.8 Å². The summed E-state index contributed by atoms with van der Waals surface area (Å²) in [6, 6.07) is 1.12. The monoisotopic (exact) mass is 260 g/mol. The minimum Gasteiger partial charge on any atom is -0.494 e. The molecule has 0 bridgehead atoms. The van der Waals surface area contributed by atoms with Crippen LogP contribution in [0, 0.1) is 0 Å². The van der Waals surface area contributed by atoms with Crippen LogP contribution in [0.2, 0.25) is 0 Å². The van der Waals surface area contributed by atoms with Crippen LogP contribution in [-0.2, 0) is 6.18 Å². The Bertz CT molecular complexity index is 582. The summed E-state index contributed by atoms with van der Waals surface area (Å²) in [6.45, 7) is 0. The highest BCUT2D eigenvalue weighted by atomic mass is 19.4. The summed E-state index contributed by atoms with van der Waals surface area (Å²) in [6.07, 6.45) is -2.81. The second kappa shape index (κ2) is 4.18. The summed E-state index contributed by atoms with van der Waals surface area (Å²) in [5, 5.41) is 21.5. The highest BCUT2D eigenvalue weighted by molar-refractivity contribution is 6.58. The average Bonchev–Trinajstić information content (AvgIpc) is 2.70.